The Kier molecular flexibility index (Phi) is 4.59. The van der Waals surface area contributed by atoms with E-state index in [1.807, 2.05) is 6.92 Å². The van der Waals surface area contributed by atoms with Crippen molar-refractivity contribution >= 4 is 17.8 Å². The fourth-order valence-corrected chi connectivity index (χ4v) is 4.49. The SMILES string of the molecule is CNC(=O)[C@H]1CCN(CC2=C(C(=O)O)N3C(=O)[C@H]([C@@H](C)O)[C@H]3[C@H]2C)C1. The second kappa shape index (κ2) is 6.42. The molecular weight excluding hydrogens is 326 g/mol. The number of aliphatic hydroxyl groups is 1. The van der Waals surface area contributed by atoms with E-state index in [1.54, 1.807) is 14.0 Å². The van der Waals surface area contributed by atoms with Crippen LogP contribution in [0.1, 0.15) is 20.3 Å². The normalized spacial score (nSPS) is 33.3. The van der Waals surface area contributed by atoms with Crippen LogP contribution in [0.5, 0.6) is 0 Å². The summed E-state index contributed by atoms with van der Waals surface area (Å²) in [5.74, 6) is -2.17. The maximum atomic E-state index is 12.3. The number of rotatable bonds is 5. The molecule has 2 fully saturated rings. The van der Waals surface area contributed by atoms with Crippen LogP contribution in [0, 0.1) is 17.8 Å². The number of aliphatic carboxylic acids is 1. The number of β-lactam (4-membered cyclic amide) rings is 1. The number of carbonyl (C=O) groups excluding carboxylic acids is 2. The molecule has 2 saturated heterocycles. The standard InChI is InChI=1S/C17H25N3O5/c1-8-11(7-19-5-4-10(6-19)15(22)18-3)14(17(24)25)20-13(8)12(9(2)21)16(20)23/h8-10,12-13,21H,4-7H2,1-3H3,(H,18,22)(H,24,25)/t8-,9+,10-,12+,13+/m0/s1. The second-order valence-electron chi connectivity index (χ2n) is 7.27. The first-order valence-electron chi connectivity index (χ1n) is 8.69. The minimum absolute atomic E-state index is 0.00238. The number of hydrogen-bond donors (Lipinski definition) is 3. The van der Waals surface area contributed by atoms with Gasteiger partial charge in [0.05, 0.1) is 24.0 Å². The summed E-state index contributed by atoms with van der Waals surface area (Å²) in [5, 5.41) is 22.1. The van der Waals surface area contributed by atoms with E-state index in [2.05, 4.69) is 10.2 Å². The molecule has 0 saturated carbocycles. The smallest absolute Gasteiger partial charge is 0.352 e. The topological polar surface area (TPSA) is 110 Å². The fourth-order valence-electron chi connectivity index (χ4n) is 4.49. The van der Waals surface area contributed by atoms with Gasteiger partial charge in [-0.3, -0.25) is 14.5 Å². The van der Waals surface area contributed by atoms with E-state index in [9.17, 15) is 24.6 Å². The number of fused-ring (bicyclic) bond motifs is 1. The molecule has 8 heteroatoms. The molecule has 8 nitrogen and oxygen atoms in total. The molecule has 3 heterocycles. The van der Waals surface area contributed by atoms with Gasteiger partial charge in [0.15, 0.2) is 0 Å². The molecule has 138 valence electrons. The number of carbonyl (C=O) groups is 3. The van der Waals surface area contributed by atoms with E-state index >= 15 is 0 Å². The molecular formula is C17H25N3O5. The molecule has 5 atom stereocenters. The highest BCUT2D eigenvalue weighted by atomic mass is 16.4. The van der Waals surface area contributed by atoms with E-state index in [1.165, 1.54) is 4.90 Å². The predicted molar refractivity (Wildman–Crippen MR) is 88.2 cm³/mol. The molecule has 3 aliphatic rings. The van der Waals surface area contributed by atoms with Gasteiger partial charge in [-0.05, 0) is 25.5 Å². The Morgan fingerprint density at radius 1 is 1.40 bits per heavy atom. The van der Waals surface area contributed by atoms with Gasteiger partial charge in [-0.15, -0.1) is 0 Å². The van der Waals surface area contributed by atoms with Crippen molar-refractivity contribution in [3.05, 3.63) is 11.3 Å². The Labute approximate surface area is 146 Å². The molecule has 3 aliphatic heterocycles. The molecule has 2 amide bonds. The molecule has 0 aliphatic carbocycles. The van der Waals surface area contributed by atoms with Gasteiger partial charge in [0.25, 0.3) is 0 Å². The van der Waals surface area contributed by atoms with Crippen molar-refractivity contribution in [1.29, 1.82) is 0 Å². The fraction of sp³-hybridized carbons (Fsp3) is 0.706. The van der Waals surface area contributed by atoms with E-state index in [-0.39, 0.29) is 35.4 Å². The lowest BCUT2D eigenvalue weighted by molar-refractivity contribution is -0.163. The molecule has 0 spiro atoms. The number of amides is 2. The van der Waals surface area contributed by atoms with Crippen molar-refractivity contribution in [3.8, 4) is 0 Å². The monoisotopic (exact) mass is 351 g/mol. The maximum absolute atomic E-state index is 12.3. The number of carboxylic acids is 1. The number of likely N-dealkylation sites (tertiary alicyclic amines) is 1. The van der Waals surface area contributed by atoms with Crippen LogP contribution in [0.15, 0.2) is 11.3 Å². The van der Waals surface area contributed by atoms with Crippen LogP contribution >= 0.6 is 0 Å². The largest absolute Gasteiger partial charge is 0.477 e. The quantitative estimate of drug-likeness (QED) is 0.562. The highest BCUT2D eigenvalue weighted by Gasteiger charge is 2.59. The summed E-state index contributed by atoms with van der Waals surface area (Å²) >= 11 is 0. The van der Waals surface area contributed by atoms with E-state index in [4.69, 9.17) is 0 Å². The maximum Gasteiger partial charge on any atom is 0.352 e. The van der Waals surface area contributed by atoms with Gasteiger partial charge < -0.3 is 20.4 Å². The van der Waals surface area contributed by atoms with Gasteiger partial charge in [-0.25, -0.2) is 4.79 Å². The first-order chi connectivity index (χ1) is 11.8. The Bertz CT molecular complexity index is 644. The highest BCUT2D eigenvalue weighted by molar-refractivity contribution is 6.00. The van der Waals surface area contributed by atoms with Crippen molar-refractivity contribution in [1.82, 2.24) is 15.1 Å². The van der Waals surface area contributed by atoms with Gasteiger partial charge in [0.1, 0.15) is 5.70 Å². The summed E-state index contributed by atoms with van der Waals surface area (Å²) in [6, 6.07) is -0.286. The van der Waals surface area contributed by atoms with Gasteiger partial charge in [0, 0.05) is 26.1 Å². The predicted octanol–water partition coefficient (Wildman–Crippen LogP) is -0.749. The summed E-state index contributed by atoms with van der Waals surface area (Å²) in [6.07, 6.45) is -0.0541. The number of carboxylic acid groups (broad SMARTS) is 1. The summed E-state index contributed by atoms with van der Waals surface area (Å²) in [7, 11) is 1.61. The zero-order valence-corrected chi connectivity index (χ0v) is 14.7. The highest BCUT2D eigenvalue weighted by Crippen LogP contribution is 2.47. The molecule has 0 unspecified atom stereocenters. The van der Waals surface area contributed by atoms with Crippen molar-refractivity contribution < 1.29 is 24.6 Å². The van der Waals surface area contributed by atoms with Crippen molar-refractivity contribution in [2.24, 2.45) is 17.8 Å². The molecule has 3 rings (SSSR count). The number of nitrogens with one attached hydrogen (secondary N) is 1. The first kappa shape index (κ1) is 17.9. The van der Waals surface area contributed by atoms with Gasteiger partial charge in [0.2, 0.25) is 11.8 Å². The number of hydrogen-bond acceptors (Lipinski definition) is 5. The molecule has 0 aromatic heterocycles. The summed E-state index contributed by atoms with van der Waals surface area (Å²) in [4.78, 5) is 39.3. The number of nitrogens with zero attached hydrogens (tertiary/aromatic N) is 2. The third-order valence-corrected chi connectivity index (χ3v) is 5.80. The zero-order chi connectivity index (χ0) is 18.5. The number of aliphatic hydroxyl groups excluding tert-OH is 1. The Morgan fingerprint density at radius 2 is 2.08 bits per heavy atom. The van der Waals surface area contributed by atoms with Crippen LogP contribution in [0.3, 0.4) is 0 Å². The van der Waals surface area contributed by atoms with Gasteiger partial charge >= 0.3 is 5.97 Å². The third kappa shape index (κ3) is 2.73. The molecule has 0 aromatic carbocycles. The van der Waals surface area contributed by atoms with Crippen LogP contribution < -0.4 is 5.32 Å². The van der Waals surface area contributed by atoms with Crippen LogP contribution in [0.2, 0.25) is 0 Å². The van der Waals surface area contributed by atoms with Crippen LogP contribution in [-0.4, -0.2) is 76.6 Å². The van der Waals surface area contributed by atoms with E-state index in [0.29, 0.717) is 18.7 Å². The van der Waals surface area contributed by atoms with Crippen molar-refractivity contribution in [2.45, 2.75) is 32.4 Å². The molecule has 0 radical (unpaired) electrons. The molecule has 3 N–H and O–H groups in total. The average molecular weight is 351 g/mol. The van der Waals surface area contributed by atoms with Crippen molar-refractivity contribution in [3.63, 3.8) is 0 Å². The Morgan fingerprint density at radius 3 is 2.64 bits per heavy atom. The van der Waals surface area contributed by atoms with Crippen LogP contribution in [-0.2, 0) is 14.4 Å². The average Bonchev–Trinajstić information content (AvgIpc) is 3.10. The zero-order valence-electron chi connectivity index (χ0n) is 14.7. The first-order valence-corrected chi connectivity index (χ1v) is 8.69. The van der Waals surface area contributed by atoms with Crippen LogP contribution in [0.25, 0.3) is 0 Å². The lowest BCUT2D eigenvalue weighted by Gasteiger charge is -2.46. The molecule has 0 aromatic rings. The summed E-state index contributed by atoms with van der Waals surface area (Å²) < 4.78 is 0. The van der Waals surface area contributed by atoms with Gasteiger partial charge in [-0.2, -0.15) is 0 Å². The van der Waals surface area contributed by atoms with Gasteiger partial charge in [-0.1, -0.05) is 6.92 Å². The molecule has 0 bridgehead atoms. The summed E-state index contributed by atoms with van der Waals surface area (Å²) in [6.45, 7) is 5.22. The Balaban J connectivity index is 1.80. The third-order valence-electron chi connectivity index (χ3n) is 5.80. The lowest BCUT2D eigenvalue weighted by atomic mass is 9.77. The second-order valence-corrected chi connectivity index (χ2v) is 7.27. The van der Waals surface area contributed by atoms with E-state index in [0.717, 1.165) is 13.0 Å². The Hall–Kier alpha value is -1.93. The summed E-state index contributed by atoms with van der Waals surface area (Å²) in [5.41, 5.74) is 0.773. The van der Waals surface area contributed by atoms with Crippen molar-refractivity contribution in [2.75, 3.05) is 26.7 Å². The molecule has 25 heavy (non-hydrogen) atoms. The minimum Gasteiger partial charge on any atom is -0.477 e. The van der Waals surface area contributed by atoms with E-state index < -0.39 is 18.0 Å². The lowest BCUT2D eigenvalue weighted by Crippen LogP contribution is -2.63. The van der Waals surface area contributed by atoms with Crippen LogP contribution in [0.4, 0.5) is 0 Å². The minimum atomic E-state index is -1.11.